The molecule has 136 valence electrons. The summed E-state index contributed by atoms with van der Waals surface area (Å²) in [6, 6.07) is 12.2. The number of fused-ring (bicyclic) bond motifs is 1. The first kappa shape index (κ1) is 17.6. The largest absolute Gasteiger partial charge is 0.490 e. The number of hydrogen-bond donors (Lipinski definition) is 2. The SMILES string of the molecule is CCOc1ccccc1OCC(=O)Nc1ccc2c(c1)NC(=O)C(C)O2. The minimum atomic E-state index is -0.540. The average Bonchev–Trinajstić information content (AvgIpc) is 2.62. The second-order valence-corrected chi connectivity index (χ2v) is 5.68. The van der Waals surface area contributed by atoms with Crippen molar-refractivity contribution in [2.45, 2.75) is 20.0 Å². The van der Waals surface area contributed by atoms with Gasteiger partial charge in [-0.2, -0.15) is 0 Å². The minimum absolute atomic E-state index is 0.166. The zero-order valence-electron chi connectivity index (χ0n) is 14.6. The molecule has 2 aromatic rings. The Kier molecular flexibility index (Phi) is 5.26. The number of carbonyl (C=O) groups is 2. The molecule has 1 aliphatic heterocycles. The van der Waals surface area contributed by atoms with Crippen LogP contribution in [0.4, 0.5) is 11.4 Å². The summed E-state index contributed by atoms with van der Waals surface area (Å²) in [5, 5.41) is 5.47. The monoisotopic (exact) mass is 356 g/mol. The lowest BCUT2D eigenvalue weighted by Crippen LogP contribution is -2.34. The Labute approximate surface area is 151 Å². The van der Waals surface area contributed by atoms with E-state index in [0.717, 1.165) is 0 Å². The van der Waals surface area contributed by atoms with Crippen LogP contribution >= 0.6 is 0 Å². The summed E-state index contributed by atoms with van der Waals surface area (Å²) < 4.78 is 16.5. The Hall–Kier alpha value is -3.22. The van der Waals surface area contributed by atoms with E-state index in [2.05, 4.69) is 10.6 Å². The van der Waals surface area contributed by atoms with Crippen LogP contribution in [0.3, 0.4) is 0 Å². The van der Waals surface area contributed by atoms with Crippen molar-refractivity contribution in [3.8, 4) is 17.2 Å². The number of benzene rings is 2. The van der Waals surface area contributed by atoms with E-state index < -0.39 is 6.10 Å². The van der Waals surface area contributed by atoms with Crippen LogP contribution in [0.2, 0.25) is 0 Å². The van der Waals surface area contributed by atoms with Gasteiger partial charge in [-0.1, -0.05) is 12.1 Å². The van der Waals surface area contributed by atoms with Crippen molar-refractivity contribution in [2.75, 3.05) is 23.8 Å². The molecule has 1 heterocycles. The molecule has 2 aromatic carbocycles. The molecule has 7 nitrogen and oxygen atoms in total. The molecule has 1 atom stereocenters. The topological polar surface area (TPSA) is 85.9 Å². The number of para-hydroxylation sites is 2. The Morgan fingerprint density at radius 3 is 2.65 bits per heavy atom. The zero-order valence-corrected chi connectivity index (χ0v) is 14.6. The predicted molar refractivity (Wildman–Crippen MR) is 96.9 cm³/mol. The fourth-order valence-electron chi connectivity index (χ4n) is 2.47. The van der Waals surface area contributed by atoms with Crippen LogP contribution in [0.5, 0.6) is 17.2 Å². The van der Waals surface area contributed by atoms with E-state index in [0.29, 0.717) is 35.2 Å². The predicted octanol–water partition coefficient (Wildman–Crippen LogP) is 2.82. The molecule has 0 saturated heterocycles. The summed E-state index contributed by atoms with van der Waals surface area (Å²) >= 11 is 0. The van der Waals surface area contributed by atoms with Crippen LogP contribution in [0, 0.1) is 0 Å². The highest BCUT2D eigenvalue weighted by Crippen LogP contribution is 2.32. The number of nitrogens with one attached hydrogen (secondary N) is 2. The van der Waals surface area contributed by atoms with E-state index in [1.807, 2.05) is 19.1 Å². The number of carbonyl (C=O) groups excluding carboxylic acids is 2. The Balaban J connectivity index is 1.61. The van der Waals surface area contributed by atoms with E-state index in [1.54, 1.807) is 37.3 Å². The maximum Gasteiger partial charge on any atom is 0.265 e. The molecular formula is C19H20N2O5. The molecule has 0 radical (unpaired) electrons. The van der Waals surface area contributed by atoms with E-state index in [-0.39, 0.29) is 18.4 Å². The fraction of sp³-hybridized carbons (Fsp3) is 0.263. The Bertz CT molecular complexity index is 821. The number of rotatable bonds is 6. The van der Waals surface area contributed by atoms with E-state index in [9.17, 15) is 9.59 Å². The van der Waals surface area contributed by atoms with Crippen LogP contribution in [0.15, 0.2) is 42.5 Å². The lowest BCUT2D eigenvalue weighted by molar-refractivity contribution is -0.122. The minimum Gasteiger partial charge on any atom is -0.490 e. The van der Waals surface area contributed by atoms with Gasteiger partial charge in [-0.25, -0.2) is 0 Å². The van der Waals surface area contributed by atoms with Crippen molar-refractivity contribution in [1.29, 1.82) is 0 Å². The molecule has 2 N–H and O–H groups in total. The van der Waals surface area contributed by atoms with Gasteiger partial charge in [-0.3, -0.25) is 9.59 Å². The number of anilines is 2. The molecule has 7 heteroatoms. The molecule has 0 fully saturated rings. The highest BCUT2D eigenvalue weighted by Gasteiger charge is 2.23. The van der Waals surface area contributed by atoms with E-state index in [1.165, 1.54) is 0 Å². The van der Waals surface area contributed by atoms with Gasteiger partial charge >= 0.3 is 0 Å². The summed E-state index contributed by atoms with van der Waals surface area (Å²) in [6.07, 6.45) is -0.540. The quantitative estimate of drug-likeness (QED) is 0.831. The molecule has 1 aliphatic rings. The molecule has 0 saturated carbocycles. The molecule has 3 rings (SSSR count). The van der Waals surface area contributed by atoms with Gasteiger partial charge in [0.15, 0.2) is 24.2 Å². The van der Waals surface area contributed by atoms with E-state index >= 15 is 0 Å². The molecule has 0 spiro atoms. The second-order valence-electron chi connectivity index (χ2n) is 5.68. The van der Waals surface area contributed by atoms with Gasteiger partial charge in [0, 0.05) is 5.69 Å². The molecule has 1 unspecified atom stereocenters. The van der Waals surface area contributed by atoms with Crippen LogP contribution in [-0.4, -0.2) is 31.1 Å². The van der Waals surface area contributed by atoms with Crippen molar-refractivity contribution in [1.82, 2.24) is 0 Å². The third kappa shape index (κ3) is 4.05. The van der Waals surface area contributed by atoms with Crippen LogP contribution in [-0.2, 0) is 9.59 Å². The molecule has 0 bridgehead atoms. The van der Waals surface area contributed by atoms with Crippen molar-refractivity contribution in [2.24, 2.45) is 0 Å². The maximum absolute atomic E-state index is 12.1. The second kappa shape index (κ2) is 7.77. The van der Waals surface area contributed by atoms with Gasteiger partial charge in [-0.15, -0.1) is 0 Å². The van der Waals surface area contributed by atoms with Gasteiger partial charge in [0.2, 0.25) is 0 Å². The highest BCUT2D eigenvalue weighted by atomic mass is 16.5. The Morgan fingerprint density at radius 2 is 1.92 bits per heavy atom. The van der Waals surface area contributed by atoms with Gasteiger partial charge in [0.05, 0.1) is 12.3 Å². The number of hydrogen-bond acceptors (Lipinski definition) is 5. The number of ether oxygens (including phenoxy) is 3. The van der Waals surface area contributed by atoms with Crippen molar-refractivity contribution in [3.05, 3.63) is 42.5 Å². The molecular weight excluding hydrogens is 336 g/mol. The third-order valence-corrected chi connectivity index (χ3v) is 3.70. The first-order chi connectivity index (χ1) is 12.6. The van der Waals surface area contributed by atoms with Crippen LogP contribution in [0.1, 0.15) is 13.8 Å². The van der Waals surface area contributed by atoms with Gasteiger partial charge < -0.3 is 24.8 Å². The average molecular weight is 356 g/mol. The highest BCUT2D eigenvalue weighted by molar-refractivity contribution is 5.99. The molecule has 26 heavy (non-hydrogen) atoms. The zero-order chi connectivity index (χ0) is 18.5. The summed E-state index contributed by atoms with van der Waals surface area (Å²) in [7, 11) is 0. The van der Waals surface area contributed by atoms with Crippen LogP contribution in [0.25, 0.3) is 0 Å². The van der Waals surface area contributed by atoms with E-state index in [4.69, 9.17) is 14.2 Å². The molecule has 0 aromatic heterocycles. The first-order valence-corrected chi connectivity index (χ1v) is 8.33. The van der Waals surface area contributed by atoms with Gasteiger partial charge in [0.1, 0.15) is 5.75 Å². The van der Waals surface area contributed by atoms with Crippen LogP contribution < -0.4 is 24.8 Å². The summed E-state index contributed by atoms with van der Waals surface area (Å²) in [5.41, 5.74) is 1.06. The normalized spacial score (nSPS) is 15.3. The maximum atomic E-state index is 12.1. The standard InChI is InChI=1S/C19H20N2O5/c1-3-24-16-6-4-5-7-17(16)25-11-18(22)20-13-8-9-15-14(10-13)21-19(23)12(2)26-15/h4-10,12H,3,11H2,1-2H3,(H,20,22)(H,21,23). The lowest BCUT2D eigenvalue weighted by Gasteiger charge is -2.23. The first-order valence-electron chi connectivity index (χ1n) is 8.33. The molecule has 0 aliphatic carbocycles. The number of amides is 2. The Morgan fingerprint density at radius 1 is 1.19 bits per heavy atom. The van der Waals surface area contributed by atoms with Crippen molar-refractivity contribution in [3.63, 3.8) is 0 Å². The summed E-state index contributed by atoms with van der Waals surface area (Å²) in [6.45, 7) is 3.89. The fourth-order valence-corrected chi connectivity index (χ4v) is 2.47. The smallest absolute Gasteiger partial charge is 0.265 e. The van der Waals surface area contributed by atoms with Gasteiger partial charge in [-0.05, 0) is 44.2 Å². The molecule has 2 amide bonds. The lowest BCUT2D eigenvalue weighted by atomic mass is 10.2. The summed E-state index contributed by atoms with van der Waals surface area (Å²) in [5.74, 6) is 1.11. The van der Waals surface area contributed by atoms with Crippen molar-refractivity contribution >= 4 is 23.2 Å². The summed E-state index contributed by atoms with van der Waals surface area (Å²) in [4.78, 5) is 23.8. The van der Waals surface area contributed by atoms with Crippen molar-refractivity contribution < 1.29 is 23.8 Å². The van der Waals surface area contributed by atoms with Gasteiger partial charge in [0.25, 0.3) is 11.8 Å². The third-order valence-electron chi connectivity index (χ3n) is 3.70.